The summed E-state index contributed by atoms with van der Waals surface area (Å²) in [7, 11) is 0. The van der Waals surface area contributed by atoms with Crippen LogP contribution in [0, 0.1) is 11.3 Å². The average molecular weight is 198 g/mol. The molecule has 0 amide bonds. The molecule has 0 heterocycles. The van der Waals surface area contributed by atoms with Gasteiger partial charge in [-0.05, 0) is 31.1 Å². The fraction of sp³-hybridized carbons (Fsp3) is 1.00. The molecule has 14 heavy (non-hydrogen) atoms. The van der Waals surface area contributed by atoms with Crippen molar-refractivity contribution >= 4 is 0 Å². The molecule has 2 aliphatic carbocycles. The number of hydrogen-bond acceptors (Lipinski definition) is 2. The molecule has 0 radical (unpaired) electrons. The smallest absolute Gasteiger partial charge is 0.0751 e. The Balaban J connectivity index is 2.29. The summed E-state index contributed by atoms with van der Waals surface area (Å²) in [5.74, 6) is 0.0431. The standard InChI is InChI=1S/C12H22O2/c1-9-10(13)5-8-11(2)6-3-4-7-12(9,11)14/h9-10,13-14H,3-8H2,1-2H3/t9-,10?,11+,12+/m0/s1. The quantitative estimate of drug-likeness (QED) is 0.625. The highest BCUT2D eigenvalue weighted by atomic mass is 16.3. The second-order valence-corrected chi connectivity index (χ2v) is 5.59. The monoisotopic (exact) mass is 198 g/mol. The lowest BCUT2D eigenvalue weighted by molar-refractivity contribution is -0.195. The minimum Gasteiger partial charge on any atom is -0.393 e. The molecule has 4 atom stereocenters. The Labute approximate surface area is 86.3 Å². The van der Waals surface area contributed by atoms with Crippen molar-refractivity contribution in [2.24, 2.45) is 11.3 Å². The van der Waals surface area contributed by atoms with Crippen molar-refractivity contribution in [3.8, 4) is 0 Å². The van der Waals surface area contributed by atoms with E-state index in [1.807, 2.05) is 6.92 Å². The summed E-state index contributed by atoms with van der Waals surface area (Å²) in [6.07, 6.45) is 5.90. The third-order valence-corrected chi connectivity index (χ3v) is 4.90. The van der Waals surface area contributed by atoms with E-state index in [1.54, 1.807) is 0 Å². The summed E-state index contributed by atoms with van der Waals surface area (Å²) in [4.78, 5) is 0. The third kappa shape index (κ3) is 1.24. The highest BCUT2D eigenvalue weighted by molar-refractivity contribution is 5.06. The SMILES string of the molecule is C[C@H]1C(O)CC[C@@]2(C)CCCC[C@@]12O. The molecule has 82 valence electrons. The van der Waals surface area contributed by atoms with Gasteiger partial charge in [-0.25, -0.2) is 0 Å². The molecule has 0 aromatic heterocycles. The summed E-state index contributed by atoms with van der Waals surface area (Å²) in [5.41, 5.74) is -0.549. The maximum Gasteiger partial charge on any atom is 0.0751 e. The van der Waals surface area contributed by atoms with E-state index in [2.05, 4.69) is 6.92 Å². The van der Waals surface area contributed by atoms with Crippen LogP contribution in [-0.2, 0) is 0 Å². The fourth-order valence-electron chi connectivity index (χ4n) is 3.58. The first-order valence-corrected chi connectivity index (χ1v) is 5.90. The average Bonchev–Trinajstić information content (AvgIpc) is 2.16. The zero-order valence-corrected chi connectivity index (χ0v) is 9.29. The van der Waals surface area contributed by atoms with Crippen LogP contribution in [0.4, 0.5) is 0 Å². The van der Waals surface area contributed by atoms with Gasteiger partial charge >= 0.3 is 0 Å². The first-order valence-electron chi connectivity index (χ1n) is 5.90. The molecule has 0 saturated heterocycles. The number of hydrogen-bond donors (Lipinski definition) is 2. The summed E-state index contributed by atoms with van der Waals surface area (Å²) in [6, 6.07) is 0. The number of fused-ring (bicyclic) bond motifs is 1. The molecule has 0 aromatic carbocycles. The van der Waals surface area contributed by atoms with E-state index in [0.717, 1.165) is 32.1 Å². The Morgan fingerprint density at radius 1 is 1.14 bits per heavy atom. The van der Waals surface area contributed by atoms with Crippen LogP contribution in [0.15, 0.2) is 0 Å². The van der Waals surface area contributed by atoms with E-state index < -0.39 is 5.60 Å². The lowest BCUT2D eigenvalue weighted by Gasteiger charge is -2.56. The summed E-state index contributed by atoms with van der Waals surface area (Å²) >= 11 is 0. The normalized spacial score (nSPS) is 54.0. The van der Waals surface area contributed by atoms with E-state index in [4.69, 9.17) is 0 Å². The molecule has 2 nitrogen and oxygen atoms in total. The highest BCUT2D eigenvalue weighted by Gasteiger charge is 2.55. The van der Waals surface area contributed by atoms with Crippen LogP contribution in [-0.4, -0.2) is 21.9 Å². The molecule has 2 saturated carbocycles. The molecule has 0 bridgehead atoms. The zero-order valence-electron chi connectivity index (χ0n) is 9.29. The molecule has 2 aliphatic rings. The van der Waals surface area contributed by atoms with Gasteiger partial charge in [0, 0.05) is 5.92 Å². The predicted octanol–water partition coefficient (Wildman–Crippen LogP) is 2.09. The van der Waals surface area contributed by atoms with E-state index in [0.29, 0.717) is 0 Å². The molecule has 2 N–H and O–H groups in total. The molecule has 1 unspecified atom stereocenters. The molecule has 2 heteroatoms. The van der Waals surface area contributed by atoms with Gasteiger partial charge in [0.1, 0.15) is 0 Å². The topological polar surface area (TPSA) is 40.5 Å². The van der Waals surface area contributed by atoms with E-state index in [1.165, 1.54) is 6.42 Å². The number of aliphatic hydroxyl groups excluding tert-OH is 1. The van der Waals surface area contributed by atoms with Gasteiger partial charge in [-0.15, -0.1) is 0 Å². The predicted molar refractivity (Wildman–Crippen MR) is 55.9 cm³/mol. The van der Waals surface area contributed by atoms with Crippen molar-refractivity contribution in [3.05, 3.63) is 0 Å². The summed E-state index contributed by atoms with van der Waals surface area (Å²) < 4.78 is 0. The fourth-order valence-corrected chi connectivity index (χ4v) is 3.58. The molecular formula is C12H22O2. The number of rotatable bonds is 0. The maximum absolute atomic E-state index is 10.7. The summed E-state index contributed by atoms with van der Waals surface area (Å²) in [6.45, 7) is 4.21. The van der Waals surface area contributed by atoms with Crippen molar-refractivity contribution < 1.29 is 10.2 Å². The minimum atomic E-state index is -0.608. The summed E-state index contributed by atoms with van der Waals surface area (Å²) in [5, 5.41) is 20.6. The van der Waals surface area contributed by atoms with Gasteiger partial charge in [0.25, 0.3) is 0 Å². The van der Waals surface area contributed by atoms with Crippen molar-refractivity contribution in [2.45, 2.75) is 64.1 Å². The van der Waals surface area contributed by atoms with Gasteiger partial charge in [-0.1, -0.05) is 26.7 Å². The van der Waals surface area contributed by atoms with Gasteiger partial charge in [0.05, 0.1) is 11.7 Å². The van der Waals surface area contributed by atoms with Crippen molar-refractivity contribution in [1.29, 1.82) is 0 Å². The van der Waals surface area contributed by atoms with Gasteiger partial charge in [-0.2, -0.15) is 0 Å². The number of aliphatic hydroxyl groups is 2. The first-order chi connectivity index (χ1) is 6.50. The minimum absolute atomic E-state index is 0.0431. The second kappa shape index (κ2) is 3.21. The highest BCUT2D eigenvalue weighted by Crippen LogP contribution is 2.55. The van der Waals surface area contributed by atoms with Crippen LogP contribution in [0.5, 0.6) is 0 Å². The lowest BCUT2D eigenvalue weighted by Crippen LogP contribution is -2.59. The van der Waals surface area contributed by atoms with Gasteiger partial charge < -0.3 is 10.2 Å². The van der Waals surface area contributed by atoms with E-state index in [9.17, 15) is 10.2 Å². The Morgan fingerprint density at radius 3 is 2.50 bits per heavy atom. The Kier molecular flexibility index (Phi) is 2.39. The largest absolute Gasteiger partial charge is 0.393 e. The second-order valence-electron chi connectivity index (χ2n) is 5.59. The van der Waals surface area contributed by atoms with E-state index in [-0.39, 0.29) is 17.4 Å². The van der Waals surface area contributed by atoms with Crippen LogP contribution < -0.4 is 0 Å². The molecule has 0 aliphatic heterocycles. The van der Waals surface area contributed by atoms with Crippen LogP contribution in [0.3, 0.4) is 0 Å². The van der Waals surface area contributed by atoms with Crippen LogP contribution in [0.2, 0.25) is 0 Å². The van der Waals surface area contributed by atoms with Gasteiger partial charge in [0.2, 0.25) is 0 Å². The van der Waals surface area contributed by atoms with E-state index >= 15 is 0 Å². The van der Waals surface area contributed by atoms with Crippen LogP contribution in [0.25, 0.3) is 0 Å². The molecule has 0 spiro atoms. The van der Waals surface area contributed by atoms with Gasteiger partial charge in [0.15, 0.2) is 0 Å². The van der Waals surface area contributed by atoms with Crippen LogP contribution >= 0.6 is 0 Å². The Hall–Kier alpha value is -0.0800. The van der Waals surface area contributed by atoms with Crippen LogP contribution in [0.1, 0.15) is 52.4 Å². The molecule has 0 aromatic rings. The van der Waals surface area contributed by atoms with Crippen molar-refractivity contribution in [1.82, 2.24) is 0 Å². The van der Waals surface area contributed by atoms with Crippen molar-refractivity contribution in [2.75, 3.05) is 0 Å². The first kappa shape index (κ1) is 10.4. The molecular weight excluding hydrogens is 176 g/mol. The molecule has 2 rings (SSSR count). The van der Waals surface area contributed by atoms with Gasteiger partial charge in [-0.3, -0.25) is 0 Å². The van der Waals surface area contributed by atoms with Crippen molar-refractivity contribution in [3.63, 3.8) is 0 Å². The molecule has 2 fully saturated rings. The maximum atomic E-state index is 10.7. The Bertz CT molecular complexity index is 228. The lowest BCUT2D eigenvalue weighted by atomic mass is 9.53. The Morgan fingerprint density at radius 2 is 1.79 bits per heavy atom. The zero-order chi connectivity index (χ0) is 10.4. The third-order valence-electron chi connectivity index (χ3n) is 4.90.